The van der Waals surface area contributed by atoms with Crippen LogP contribution < -0.4 is 5.73 Å². The third kappa shape index (κ3) is 1.90. The summed E-state index contributed by atoms with van der Waals surface area (Å²) in [6.07, 6.45) is 3.33. The van der Waals surface area contributed by atoms with Crippen molar-refractivity contribution in [3.8, 4) is 0 Å². The van der Waals surface area contributed by atoms with Crippen molar-refractivity contribution >= 4 is 5.78 Å². The lowest BCUT2D eigenvalue weighted by molar-refractivity contribution is 0.0120. The van der Waals surface area contributed by atoms with Crippen molar-refractivity contribution in [2.24, 2.45) is 5.73 Å². The standard InChI is InChI=1S/C10H14N4O2/c11-3-2-8(15)9(16)7-6-13-10-12-4-1-5-14(7)10/h1,4-6,8-9,15-16H,2-3,11H2. The van der Waals surface area contributed by atoms with Gasteiger partial charge in [-0.25, -0.2) is 9.97 Å². The Balaban J connectivity index is 2.32. The molecule has 0 radical (unpaired) electrons. The van der Waals surface area contributed by atoms with E-state index in [-0.39, 0.29) is 0 Å². The van der Waals surface area contributed by atoms with Crippen molar-refractivity contribution < 1.29 is 10.2 Å². The second kappa shape index (κ2) is 4.56. The van der Waals surface area contributed by atoms with E-state index in [1.165, 1.54) is 6.20 Å². The zero-order valence-electron chi connectivity index (χ0n) is 8.69. The van der Waals surface area contributed by atoms with Gasteiger partial charge in [0.25, 0.3) is 0 Å². The summed E-state index contributed by atoms with van der Waals surface area (Å²) >= 11 is 0. The number of aliphatic hydroxyl groups is 2. The third-order valence-electron chi connectivity index (χ3n) is 2.45. The molecule has 0 amide bonds. The van der Waals surface area contributed by atoms with Gasteiger partial charge in [-0.15, -0.1) is 0 Å². The van der Waals surface area contributed by atoms with Gasteiger partial charge in [0.15, 0.2) is 0 Å². The van der Waals surface area contributed by atoms with Gasteiger partial charge in [-0.3, -0.25) is 4.40 Å². The minimum Gasteiger partial charge on any atom is -0.390 e. The lowest BCUT2D eigenvalue weighted by atomic mass is 10.1. The van der Waals surface area contributed by atoms with Crippen LogP contribution in [0, 0.1) is 0 Å². The maximum Gasteiger partial charge on any atom is 0.233 e. The van der Waals surface area contributed by atoms with E-state index in [9.17, 15) is 10.2 Å². The van der Waals surface area contributed by atoms with Gasteiger partial charge in [-0.1, -0.05) is 0 Å². The van der Waals surface area contributed by atoms with Crippen LogP contribution in [0.3, 0.4) is 0 Å². The Morgan fingerprint density at radius 2 is 2.19 bits per heavy atom. The number of nitrogens with two attached hydrogens (primary N) is 1. The number of imidazole rings is 1. The van der Waals surface area contributed by atoms with E-state index >= 15 is 0 Å². The number of fused-ring (bicyclic) bond motifs is 1. The molecule has 2 unspecified atom stereocenters. The largest absolute Gasteiger partial charge is 0.390 e. The van der Waals surface area contributed by atoms with Gasteiger partial charge in [0.05, 0.1) is 18.0 Å². The average molecular weight is 222 g/mol. The number of hydrogen-bond acceptors (Lipinski definition) is 5. The molecule has 2 atom stereocenters. The molecule has 0 aliphatic carbocycles. The molecule has 6 heteroatoms. The van der Waals surface area contributed by atoms with Crippen LogP contribution in [0.25, 0.3) is 5.78 Å². The van der Waals surface area contributed by atoms with E-state index in [4.69, 9.17) is 5.73 Å². The van der Waals surface area contributed by atoms with E-state index in [0.717, 1.165) is 0 Å². The quantitative estimate of drug-likeness (QED) is 0.646. The highest BCUT2D eigenvalue weighted by molar-refractivity contribution is 5.31. The van der Waals surface area contributed by atoms with E-state index < -0.39 is 12.2 Å². The van der Waals surface area contributed by atoms with Gasteiger partial charge >= 0.3 is 0 Å². The van der Waals surface area contributed by atoms with Crippen LogP contribution >= 0.6 is 0 Å². The molecule has 0 bridgehead atoms. The number of aromatic nitrogens is 3. The van der Waals surface area contributed by atoms with Crippen molar-refractivity contribution in [1.82, 2.24) is 14.4 Å². The lowest BCUT2D eigenvalue weighted by Gasteiger charge is -2.16. The van der Waals surface area contributed by atoms with Crippen LogP contribution in [0.2, 0.25) is 0 Å². The van der Waals surface area contributed by atoms with E-state index in [2.05, 4.69) is 9.97 Å². The monoisotopic (exact) mass is 222 g/mol. The first-order chi connectivity index (χ1) is 7.74. The molecule has 16 heavy (non-hydrogen) atoms. The summed E-state index contributed by atoms with van der Waals surface area (Å²) < 4.78 is 1.64. The van der Waals surface area contributed by atoms with Gasteiger partial charge in [-0.2, -0.15) is 0 Å². The average Bonchev–Trinajstić information content (AvgIpc) is 2.72. The Kier molecular flexibility index (Phi) is 3.14. The van der Waals surface area contributed by atoms with Crippen LogP contribution in [0.15, 0.2) is 24.7 Å². The molecule has 0 aliphatic rings. The number of rotatable bonds is 4. The van der Waals surface area contributed by atoms with Crippen LogP contribution in [-0.4, -0.2) is 37.2 Å². The Morgan fingerprint density at radius 1 is 1.38 bits per heavy atom. The molecule has 2 aromatic heterocycles. The van der Waals surface area contributed by atoms with Gasteiger partial charge < -0.3 is 15.9 Å². The fraction of sp³-hybridized carbons (Fsp3) is 0.400. The molecule has 0 aliphatic heterocycles. The minimum atomic E-state index is -0.997. The molecule has 2 heterocycles. The molecular weight excluding hydrogens is 208 g/mol. The molecule has 0 saturated carbocycles. The summed E-state index contributed by atoms with van der Waals surface area (Å²) in [7, 11) is 0. The normalized spacial score (nSPS) is 15.2. The molecule has 2 rings (SSSR count). The molecule has 2 aromatic rings. The highest BCUT2D eigenvalue weighted by Gasteiger charge is 2.21. The fourth-order valence-corrected chi connectivity index (χ4v) is 1.59. The molecule has 0 fully saturated rings. The third-order valence-corrected chi connectivity index (χ3v) is 2.45. The maximum atomic E-state index is 9.91. The maximum absolute atomic E-state index is 9.91. The van der Waals surface area contributed by atoms with Gasteiger partial charge in [0.2, 0.25) is 5.78 Å². The Morgan fingerprint density at radius 3 is 2.94 bits per heavy atom. The van der Waals surface area contributed by atoms with E-state index in [1.54, 1.807) is 22.9 Å². The summed E-state index contributed by atoms with van der Waals surface area (Å²) in [6.45, 7) is 0.327. The lowest BCUT2D eigenvalue weighted by Crippen LogP contribution is -2.22. The summed E-state index contributed by atoms with van der Waals surface area (Å²) in [4.78, 5) is 8.06. The highest BCUT2D eigenvalue weighted by Crippen LogP contribution is 2.18. The van der Waals surface area contributed by atoms with Crippen LogP contribution in [0.4, 0.5) is 0 Å². The Hall–Kier alpha value is -1.50. The summed E-state index contributed by atoms with van der Waals surface area (Å²) in [6, 6.07) is 1.74. The first-order valence-corrected chi connectivity index (χ1v) is 5.08. The summed E-state index contributed by atoms with van der Waals surface area (Å²) in [5.41, 5.74) is 5.85. The molecule has 0 spiro atoms. The van der Waals surface area contributed by atoms with Crippen LogP contribution in [0.5, 0.6) is 0 Å². The van der Waals surface area contributed by atoms with Gasteiger partial charge in [0.1, 0.15) is 6.10 Å². The first kappa shape index (κ1) is 11.0. The smallest absolute Gasteiger partial charge is 0.233 e. The molecule has 0 aromatic carbocycles. The Labute approximate surface area is 92.4 Å². The predicted molar refractivity (Wildman–Crippen MR) is 57.6 cm³/mol. The van der Waals surface area contributed by atoms with Crippen LogP contribution in [-0.2, 0) is 0 Å². The molecule has 86 valence electrons. The van der Waals surface area contributed by atoms with Crippen molar-refractivity contribution in [3.63, 3.8) is 0 Å². The van der Waals surface area contributed by atoms with Gasteiger partial charge in [-0.05, 0) is 19.0 Å². The minimum absolute atomic E-state index is 0.327. The van der Waals surface area contributed by atoms with E-state index in [0.29, 0.717) is 24.4 Å². The zero-order valence-corrected chi connectivity index (χ0v) is 8.69. The number of aliphatic hydroxyl groups excluding tert-OH is 2. The van der Waals surface area contributed by atoms with Crippen LogP contribution in [0.1, 0.15) is 18.2 Å². The Bertz CT molecular complexity index is 471. The van der Waals surface area contributed by atoms with Crippen molar-refractivity contribution in [3.05, 3.63) is 30.4 Å². The molecular formula is C10H14N4O2. The molecule has 0 saturated heterocycles. The van der Waals surface area contributed by atoms with E-state index in [1.807, 2.05) is 0 Å². The second-order valence-corrected chi connectivity index (χ2v) is 3.56. The van der Waals surface area contributed by atoms with Crippen molar-refractivity contribution in [2.75, 3.05) is 6.54 Å². The van der Waals surface area contributed by atoms with Gasteiger partial charge in [0, 0.05) is 12.4 Å². The summed E-state index contributed by atoms with van der Waals surface area (Å²) in [5, 5.41) is 19.6. The van der Waals surface area contributed by atoms with Crippen molar-refractivity contribution in [2.45, 2.75) is 18.6 Å². The molecule has 6 nitrogen and oxygen atoms in total. The first-order valence-electron chi connectivity index (χ1n) is 5.08. The summed E-state index contributed by atoms with van der Waals surface area (Å²) in [5.74, 6) is 0.497. The number of hydrogen-bond donors (Lipinski definition) is 3. The zero-order chi connectivity index (χ0) is 11.5. The topological polar surface area (TPSA) is 96.7 Å². The predicted octanol–water partition coefficient (Wildman–Crippen LogP) is -0.528. The van der Waals surface area contributed by atoms with Crippen molar-refractivity contribution in [1.29, 1.82) is 0 Å². The fourth-order valence-electron chi connectivity index (χ4n) is 1.59. The number of nitrogens with zero attached hydrogens (tertiary/aromatic N) is 3. The molecule has 4 N–H and O–H groups in total. The SMILES string of the molecule is NCCC(O)C(O)c1cnc2ncccn12. The highest BCUT2D eigenvalue weighted by atomic mass is 16.3. The second-order valence-electron chi connectivity index (χ2n) is 3.56.